The number of fused-ring (bicyclic) bond motifs is 1. The SMILES string of the molecule is CC(C)OC(=O)N(C)[C@H]1CCN(c2ccn3ncc(-c4ccncc4)c3n2)C1. The summed E-state index contributed by atoms with van der Waals surface area (Å²) in [5.41, 5.74) is 2.81. The summed E-state index contributed by atoms with van der Waals surface area (Å²) < 4.78 is 7.09. The number of hydrogen-bond acceptors (Lipinski definition) is 6. The molecule has 1 fully saturated rings. The van der Waals surface area contributed by atoms with Crippen molar-refractivity contribution in [3.8, 4) is 11.1 Å². The van der Waals surface area contributed by atoms with Gasteiger partial charge in [0.2, 0.25) is 0 Å². The van der Waals surface area contributed by atoms with Crippen molar-refractivity contribution in [1.29, 1.82) is 0 Å². The first-order chi connectivity index (χ1) is 13.5. The van der Waals surface area contributed by atoms with Gasteiger partial charge in [0.15, 0.2) is 5.65 Å². The first-order valence-electron chi connectivity index (χ1n) is 9.46. The zero-order valence-electron chi connectivity index (χ0n) is 16.3. The molecular weight excluding hydrogens is 356 g/mol. The van der Waals surface area contributed by atoms with Crippen molar-refractivity contribution in [2.24, 2.45) is 0 Å². The molecule has 1 aliphatic heterocycles. The number of hydrogen-bond donors (Lipinski definition) is 0. The van der Waals surface area contributed by atoms with Gasteiger partial charge in [-0.3, -0.25) is 4.98 Å². The molecule has 3 aromatic rings. The Morgan fingerprint density at radius 2 is 2.07 bits per heavy atom. The van der Waals surface area contributed by atoms with Crippen LogP contribution in [0.3, 0.4) is 0 Å². The second-order valence-electron chi connectivity index (χ2n) is 7.28. The highest BCUT2D eigenvalue weighted by molar-refractivity contribution is 5.77. The lowest BCUT2D eigenvalue weighted by atomic mass is 10.1. The van der Waals surface area contributed by atoms with Crippen LogP contribution in [0.1, 0.15) is 20.3 Å². The van der Waals surface area contributed by atoms with E-state index in [0.717, 1.165) is 42.1 Å². The van der Waals surface area contributed by atoms with Gasteiger partial charge in [0.1, 0.15) is 5.82 Å². The summed E-state index contributed by atoms with van der Waals surface area (Å²) in [6.07, 6.45) is 7.76. The van der Waals surface area contributed by atoms with Crippen LogP contribution in [-0.2, 0) is 4.74 Å². The van der Waals surface area contributed by atoms with E-state index < -0.39 is 0 Å². The average Bonchev–Trinajstić information content (AvgIpc) is 3.34. The molecule has 1 saturated heterocycles. The van der Waals surface area contributed by atoms with Crippen molar-refractivity contribution in [3.63, 3.8) is 0 Å². The van der Waals surface area contributed by atoms with Crippen LogP contribution in [0, 0.1) is 0 Å². The van der Waals surface area contributed by atoms with Crippen molar-refractivity contribution in [1.82, 2.24) is 24.5 Å². The molecule has 4 heterocycles. The first-order valence-corrected chi connectivity index (χ1v) is 9.46. The van der Waals surface area contributed by atoms with Crippen molar-refractivity contribution >= 4 is 17.6 Å². The van der Waals surface area contributed by atoms with Gasteiger partial charge in [0.25, 0.3) is 0 Å². The maximum Gasteiger partial charge on any atom is 0.410 e. The molecule has 28 heavy (non-hydrogen) atoms. The van der Waals surface area contributed by atoms with E-state index in [1.54, 1.807) is 28.9 Å². The largest absolute Gasteiger partial charge is 0.447 e. The predicted octanol–water partition coefficient (Wildman–Crippen LogP) is 2.85. The number of rotatable bonds is 4. The number of amides is 1. The minimum Gasteiger partial charge on any atom is -0.447 e. The van der Waals surface area contributed by atoms with Crippen molar-refractivity contribution in [3.05, 3.63) is 43.0 Å². The van der Waals surface area contributed by atoms with E-state index >= 15 is 0 Å². The Bertz CT molecular complexity index is 971. The van der Waals surface area contributed by atoms with Gasteiger partial charge in [-0.2, -0.15) is 5.10 Å². The molecule has 0 unspecified atom stereocenters. The summed E-state index contributed by atoms with van der Waals surface area (Å²) in [5, 5.41) is 4.40. The fourth-order valence-electron chi connectivity index (χ4n) is 3.47. The third-order valence-corrected chi connectivity index (χ3v) is 5.01. The summed E-state index contributed by atoms with van der Waals surface area (Å²) in [4.78, 5) is 25.0. The fourth-order valence-corrected chi connectivity index (χ4v) is 3.47. The Hall–Kier alpha value is -3.16. The standard InChI is InChI=1S/C20H24N6O2/c1-14(2)28-20(27)24(3)16-6-10-25(13-16)18-7-11-26-19(23-18)17(12-22-26)15-4-8-21-9-5-15/h4-5,7-9,11-12,14,16H,6,10,13H2,1-3H3/t16-/m0/s1. The van der Waals surface area contributed by atoms with Crippen LogP contribution in [0.15, 0.2) is 43.0 Å². The molecule has 3 aromatic heterocycles. The highest BCUT2D eigenvalue weighted by Gasteiger charge is 2.30. The normalized spacial score (nSPS) is 16.7. The molecule has 1 amide bonds. The molecule has 8 heteroatoms. The number of anilines is 1. The third kappa shape index (κ3) is 3.49. The first kappa shape index (κ1) is 18.2. The van der Waals surface area contributed by atoms with Crippen LogP contribution in [0.4, 0.5) is 10.6 Å². The minimum absolute atomic E-state index is 0.105. The van der Waals surface area contributed by atoms with E-state index in [2.05, 4.69) is 15.0 Å². The zero-order valence-corrected chi connectivity index (χ0v) is 16.3. The van der Waals surface area contributed by atoms with Gasteiger partial charge in [0.05, 0.1) is 18.3 Å². The second-order valence-corrected chi connectivity index (χ2v) is 7.28. The van der Waals surface area contributed by atoms with E-state index in [1.165, 1.54) is 0 Å². The summed E-state index contributed by atoms with van der Waals surface area (Å²) in [7, 11) is 1.80. The van der Waals surface area contributed by atoms with Gasteiger partial charge in [0, 0.05) is 44.3 Å². The van der Waals surface area contributed by atoms with Gasteiger partial charge in [-0.25, -0.2) is 14.3 Å². The van der Waals surface area contributed by atoms with Gasteiger partial charge < -0.3 is 14.5 Å². The second kappa shape index (κ2) is 7.46. The van der Waals surface area contributed by atoms with E-state index in [0.29, 0.717) is 0 Å². The van der Waals surface area contributed by atoms with Gasteiger partial charge in [-0.15, -0.1) is 0 Å². The van der Waals surface area contributed by atoms with E-state index in [4.69, 9.17) is 9.72 Å². The molecule has 0 bridgehead atoms. The number of ether oxygens (including phenoxy) is 1. The molecule has 0 N–H and O–H groups in total. The van der Waals surface area contributed by atoms with E-state index in [9.17, 15) is 4.79 Å². The Morgan fingerprint density at radius 3 is 2.82 bits per heavy atom. The van der Waals surface area contributed by atoms with Crippen LogP contribution < -0.4 is 4.90 Å². The number of aromatic nitrogens is 4. The predicted molar refractivity (Wildman–Crippen MR) is 106 cm³/mol. The van der Waals surface area contributed by atoms with Gasteiger partial charge in [-0.1, -0.05) is 0 Å². The molecule has 0 saturated carbocycles. The topological polar surface area (TPSA) is 75.9 Å². The number of pyridine rings is 1. The van der Waals surface area contributed by atoms with Crippen molar-refractivity contribution in [2.45, 2.75) is 32.4 Å². The Kier molecular flexibility index (Phi) is 4.85. The molecule has 0 aliphatic carbocycles. The molecule has 146 valence electrons. The fraction of sp³-hybridized carbons (Fsp3) is 0.400. The van der Waals surface area contributed by atoms with Crippen molar-refractivity contribution in [2.75, 3.05) is 25.0 Å². The average molecular weight is 380 g/mol. The summed E-state index contributed by atoms with van der Waals surface area (Å²) in [5.74, 6) is 0.886. The summed E-state index contributed by atoms with van der Waals surface area (Å²) >= 11 is 0. The highest BCUT2D eigenvalue weighted by Crippen LogP contribution is 2.26. The maximum atomic E-state index is 12.2. The smallest absolute Gasteiger partial charge is 0.410 e. The number of carbonyl (C=O) groups excluding carboxylic acids is 1. The Labute approximate surface area is 163 Å². The van der Waals surface area contributed by atoms with Crippen LogP contribution in [-0.4, -0.2) is 62.9 Å². The number of nitrogens with zero attached hydrogens (tertiary/aromatic N) is 6. The molecule has 1 aliphatic rings. The highest BCUT2D eigenvalue weighted by atomic mass is 16.6. The lowest BCUT2D eigenvalue weighted by Crippen LogP contribution is -2.40. The third-order valence-electron chi connectivity index (χ3n) is 5.01. The van der Waals surface area contributed by atoms with Crippen LogP contribution in [0.2, 0.25) is 0 Å². The lowest BCUT2D eigenvalue weighted by molar-refractivity contribution is 0.0748. The molecule has 1 atom stereocenters. The maximum absolute atomic E-state index is 12.2. The lowest BCUT2D eigenvalue weighted by Gasteiger charge is -2.25. The van der Waals surface area contributed by atoms with Crippen LogP contribution >= 0.6 is 0 Å². The summed E-state index contributed by atoms with van der Waals surface area (Å²) in [6.45, 7) is 5.28. The minimum atomic E-state index is -0.277. The monoisotopic (exact) mass is 380 g/mol. The Morgan fingerprint density at radius 1 is 1.29 bits per heavy atom. The number of likely N-dealkylation sites (N-methyl/N-ethyl adjacent to an activating group) is 1. The molecule has 4 rings (SSSR count). The Balaban J connectivity index is 1.55. The quantitative estimate of drug-likeness (QED) is 0.693. The molecule has 0 radical (unpaired) electrons. The van der Waals surface area contributed by atoms with Gasteiger partial charge >= 0.3 is 6.09 Å². The zero-order chi connectivity index (χ0) is 19.7. The molecule has 8 nitrogen and oxygen atoms in total. The van der Waals surface area contributed by atoms with Crippen LogP contribution in [0.5, 0.6) is 0 Å². The number of carbonyl (C=O) groups is 1. The molecule has 0 spiro atoms. The van der Waals surface area contributed by atoms with E-state index in [-0.39, 0.29) is 18.2 Å². The molecular formula is C20H24N6O2. The van der Waals surface area contributed by atoms with Gasteiger partial charge in [-0.05, 0) is 44.0 Å². The molecule has 0 aromatic carbocycles. The van der Waals surface area contributed by atoms with E-state index in [1.807, 2.05) is 44.4 Å². The summed E-state index contributed by atoms with van der Waals surface area (Å²) in [6, 6.07) is 5.97. The van der Waals surface area contributed by atoms with Crippen molar-refractivity contribution < 1.29 is 9.53 Å². The van der Waals surface area contributed by atoms with Crippen LogP contribution in [0.25, 0.3) is 16.8 Å².